The van der Waals surface area contributed by atoms with Crippen molar-refractivity contribution in [1.29, 1.82) is 0 Å². The molecular weight excluding hydrogens is 278 g/mol. The van der Waals surface area contributed by atoms with Gasteiger partial charge in [0.2, 0.25) is 0 Å². The predicted molar refractivity (Wildman–Crippen MR) is 76.8 cm³/mol. The summed E-state index contributed by atoms with van der Waals surface area (Å²) in [6.45, 7) is 4.52. The molecule has 2 rings (SSSR count). The van der Waals surface area contributed by atoms with Crippen molar-refractivity contribution < 1.29 is 0 Å². The molecule has 0 amide bonds. The summed E-state index contributed by atoms with van der Waals surface area (Å²) in [5.74, 6) is 0. The molecule has 0 radical (unpaired) electrons. The van der Waals surface area contributed by atoms with Gasteiger partial charge in [0.15, 0.2) is 0 Å². The topological polar surface area (TPSA) is 41.3 Å². The number of rotatable bonds is 2. The molecule has 1 aromatic carbocycles. The van der Waals surface area contributed by atoms with E-state index in [9.17, 15) is 0 Å². The van der Waals surface area contributed by atoms with Crippen LogP contribution in [0, 0.1) is 0 Å². The van der Waals surface area contributed by atoms with E-state index in [2.05, 4.69) is 40.2 Å². The highest BCUT2D eigenvalue weighted by Crippen LogP contribution is 2.27. The van der Waals surface area contributed by atoms with Gasteiger partial charge in [-0.2, -0.15) is 0 Å². The number of nitrogens with one attached hydrogen (secondary N) is 1. The molecule has 1 aromatic rings. The zero-order valence-electron chi connectivity index (χ0n) is 10.4. The number of piperidine rings is 1. The zero-order valence-corrected chi connectivity index (χ0v) is 12.0. The van der Waals surface area contributed by atoms with Crippen LogP contribution < -0.4 is 11.2 Å². The third-order valence-corrected chi connectivity index (χ3v) is 3.95. The van der Waals surface area contributed by atoms with Crippen molar-refractivity contribution in [3.05, 3.63) is 22.7 Å². The average molecular weight is 298 g/mol. The smallest absolute Gasteiger partial charge is 0.0720 e. The Bertz CT molecular complexity index is 384. The Balaban J connectivity index is 2.13. The van der Waals surface area contributed by atoms with Crippen LogP contribution in [0.1, 0.15) is 33.1 Å². The first kappa shape index (κ1) is 12.7. The van der Waals surface area contributed by atoms with Crippen molar-refractivity contribution >= 4 is 27.3 Å². The van der Waals surface area contributed by atoms with Gasteiger partial charge in [-0.05, 0) is 44.9 Å². The van der Waals surface area contributed by atoms with Crippen molar-refractivity contribution in [2.45, 2.75) is 45.2 Å². The van der Waals surface area contributed by atoms with Crippen LogP contribution in [0.4, 0.5) is 11.4 Å². The molecule has 1 fully saturated rings. The lowest BCUT2D eigenvalue weighted by atomic mass is 10.00. The fourth-order valence-electron chi connectivity index (χ4n) is 2.42. The largest absolute Gasteiger partial charge is 0.397 e. The summed E-state index contributed by atoms with van der Waals surface area (Å²) in [7, 11) is 0. The molecule has 94 valence electrons. The van der Waals surface area contributed by atoms with Crippen LogP contribution in [0.15, 0.2) is 22.7 Å². The number of halogens is 1. The second kappa shape index (κ2) is 5.27. The average Bonchev–Trinajstić information content (AvgIpc) is 2.26. The number of nitrogens with two attached hydrogens (primary N) is 1. The molecule has 0 aromatic heterocycles. The van der Waals surface area contributed by atoms with Gasteiger partial charge in [0.05, 0.1) is 11.4 Å². The minimum absolute atomic E-state index is 0.557. The highest BCUT2D eigenvalue weighted by Gasteiger charge is 2.24. The third kappa shape index (κ3) is 2.93. The Morgan fingerprint density at radius 2 is 1.94 bits per heavy atom. The second-order valence-corrected chi connectivity index (χ2v) is 5.80. The number of benzene rings is 1. The molecule has 3 nitrogen and oxygen atoms in total. The van der Waals surface area contributed by atoms with E-state index in [-0.39, 0.29) is 0 Å². The first-order chi connectivity index (χ1) is 8.08. The van der Waals surface area contributed by atoms with Gasteiger partial charge in [0, 0.05) is 16.6 Å². The Kier molecular flexibility index (Phi) is 3.94. The molecule has 1 aliphatic rings. The van der Waals surface area contributed by atoms with Crippen molar-refractivity contribution in [3.8, 4) is 0 Å². The van der Waals surface area contributed by atoms with Crippen LogP contribution in [-0.2, 0) is 0 Å². The van der Waals surface area contributed by atoms with E-state index in [1.165, 1.54) is 19.3 Å². The summed E-state index contributed by atoms with van der Waals surface area (Å²) in [6, 6.07) is 7.08. The quantitative estimate of drug-likeness (QED) is 0.819. The SMILES string of the molecule is CC1CCCC(C)N1Nc1ccc(Br)cc1N. The highest BCUT2D eigenvalue weighted by atomic mass is 79.9. The van der Waals surface area contributed by atoms with Crippen molar-refractivity contribution in [3.63, 3.8) is 0 Å². The monoisotopic (exact) mass is 297 g/mol. The van der Waals surface area contributed by atoms with Gasteiger partial charge >= 0.3 is 0 Å². The van der Waals surface area contributed by atoms with Gasteiger partial charge in [-0.3, -0.25) is 0 Å². The van der Waals surface area contributed by atoms with Crippen LogP contribution >= 0.6 is 15.9 Å². The lowest BCUT2D eigenvalue weighted by Gasteiger charge is -2.39. The third-order valence-electron chi connectivity index (χ3n) is 3.46. The Labute approximate surface area is 111 Å². The summed E-state index contributed by atoms with van der Waals surface area (Å²) in [5.41, 5.74) is 11.2. The number of hydrogen-bond donors (Lipinski definition) is 2. The lowest BCUT2D eigenvalue weighted by Crippen LogP contribution is -2.47. The van der Waals surface area contributed by atoms with Gasteiger partial charge in [-0.15, -0.1) is 0 Å². The molecule has 3 N–H and O–H groups in total. The summed E-state index contributed by atoms with van der Waals surface area (Å²) in [4.78, 5) is 0. The molecule has 2 unspecified atom stereocenters. The molecular formula is C13H20BrN3. The standard InChI is InChI=1S/C13H20BrN3/c1-9-4-3-5-10(2)17(9)16-13-7-6-11(14)8-12(13)15/h6-10,16H,3-5,15H2,1-2H3. The molecule has 17 heavy (non-hydrogen) atoms. The van der Waals surface area contributed by atoms with Crippen LogP contribution in [0.25, 0.3) is 0 Å². The molecule has 1 saturated heterocycles. The predicted octanol–water partition coefficient (Wildman–Crippen LogP) is 3.62. The van der Waals surface area contributed by atoms with E-state index in [0.717, 1.165) is 15.8 Å². The van der Waals surface area contributed by atoms with Crippen LogP contribution in [0.2, 0.25) is 0 Å². The number of hydrogen-bond acceptors (Lipinski definition) is 3. The first-order valence-corrected chi connectivity index (χ1v) is 6.97. The lowest BCUT2D eigenvalue weighted by molar-refractivity contribution is 0.136. The molecule has 0 spiro atoms. The van der Waals surface area contributed by atoms with E-state index in [0.29, 0.717) is 12.1 Å². The number of hydrazine groups is 1. The molecule has 1 heterocycles. The zero-order chi connectivity index (χ0) is 12.4. The summed E-state index contributed by atoms with van der Waals surface area (Å²) >= 11 is 3.42. The van der Waals surface area contributed by atoms with E-state index in [1.54, 1.807) is 0 Å². The summed E-state index contributed by atoms with van der Waals surface area (Å²) in [6.07, 6.45) is 3.80. The Morgan fingerprint density at radius 3 is 2.53 bits per heavy atom. The second-order valence-electron chi connectivity index (χ2n) is 4.88. The first-order valence-electron chi connectivity index (χ1n) is 6.18. The van der Waals surface area contributed by atoms with Gasteiger partial charge in [0.25, 0.3) is 0 Å². The fourth-order valence-corrected chi connectivity index (χ4v) is 2.79. The number of nitrogen functional groups attached to an aromatic ring is 1. The van der Waals surface area contributed by atoms with E-state index in [1.807, 2.05) is 18.2 Å². The van der Waals surface area contributed by atoms with Gasteiger partial charge in [-0.25, -0.2) is 5.01 Å². The van der Waals surface area contributed by atoms with Crippen molar-refractivity contribution in [2.24, 2.45) is 0 Å². The van der Waals surface area contributed by atoms with Crippen molar-refractivity contribution in [1.82, 2.24) is 5.01 Å². The number of anilines is 2. The maximum absolute atomic E-state index is 6.01. The Hall–Kier alpha value is -0.740. The molecule has 0 aliphatic carbocycles. The summed E-state index contributed by atoms with van der Waals surface area (Å²) in [5, 5.41) is 2.32. The van der Waals surface area contributed by atoms with Gasteiger partial charge in [-0.1, -0.05) is 22.4 Å². The minimum atomic E-state index is 0.557. The van der Waals surface area contributed by atoms with Gasteiger partial charge < -0.3 is 11.2 Å². The molecule has 1 aliphatic heterocycles. The Morgan fingerprint density at radius 1 is 1.29 bits per heavy atom. The van der Waals surface area contributed by atoms with E-state index < -0.39 is 0 Å². The maximum atomic E-state index is 6.01. The van der Waals surface area contributed by atoms with Crippen LogP contribution in [0.5, 0.6) is 0 Å². The summed E-state index contributed by atoms with van der Waals surface area (Å²) < 4.78 is 1.01. The van der Waals surface area contributed by atoms with E-state index in [4.69, 9.17) is 5.73 Å². The molecule has 4 heteroatoms. The van der Waals surface area contributed by atoms with Gasteiger partial charge in [0.1, 0.15) is 0 Å². The molecule has 0 bridgehead atoms. The highest BCUT2D eigenvalue weighted by molar-refractivity contribution is 9.10. The molecule has 2 atom stereocenters. The number of nitrogens with zero attached hydrogens (tertiary/aromatic N) is 1. The fraction of sp³-hybridized carbons (Fsp3) is 0.538. The minimum Gasteiger partial charge on any atom is -0.397 e. The van der Waals surface area contributed by atoms with Crippen LogP contribution in [0.3, 0.4) is 0 Å². The normalized spacial score (nSPS) is 25.8. The molecule has 0 saturated carbocycles. The maximum Gasteiger partial charge on any atom is 0.0720 e. The van der Waals surface area contributed by atoms with Crippen LogP contribution in [-0.4, -0.2) is 17.1 Å². The van der Waals surface area contributed by atoms with E-state index >= 15 is 0 Å². The van der Waals surface area contributed by atoms with Crippen molar-refractivity contribution in [2.75, 3.05) is 11.2 Å².